The van der Waals surface area contributed by atoms with Crippen LogP contribution in [0, 0.1) is 11.8 Å². The zero-order valence-electron chi connectivity index (χ0n) is 13.2. The molecule has 0 saturated carbocycles. The summed E-state index contributed by atoms with van der Waals surface area (Å²) in [6.07, 6.45) is 4.27. The van der Waals surface area contributed by atoms with Crippen LogP contribution in [0.4, 0.5) is 0 Å². The molecule has 22 heavy (non-hydrogen) atoms. The summed E-state index contributed by atoms with van der Waals surface area (Å²) in [6, 6.07) is 2.25. The first-order valence-corrected chi connectivity index (χ1v) is 8.73. The Morgan fingerprint density at radius 3 is 2.41 bits per heavy atom. The lowest BCUT2D eigenvalue weighted by Gasteiger charge is -2.22. The number of nitrogens with zero attached hydrogens (tertiary/aromatic N) is 2. The van der Waals surface area contributed by atoms with Gasteiger partial charge in [-0.1, -0.05) is 0 Å². The molecule has 0 aromatic carbocycles. The van der Waals surface area contributed by atoms with E-state index in [0.717, 1.165) is 61.0 Å². The second kappa shape index (κ2) is 7.37. The first-order chi connectivity index (χ1) is 10.1. The molecular formula is C16H25BrClN3O. The van der Waals surface area contributed by atoms with Crippen LogP contribution >= 0.6 is 28.3 Å². The first kappa shape index (κ1) is 17.8. The second-order valence-corrected chi connectivity index (χ2v) is 7.51. The fourth-order valence-corrected chi connectivity index (χ4v) is 4.06. The van der Waals surface area contributed by atoms with Gasteiger partial charge < -0.3 is 14.8 Å². The minimum atomic E-state index is 0. The zero-order chi connectivity index (χ0) is 15.0. The zero-order valence-corrected chi connectivity index (χ0v) is 15.6. The van der Waals surface area contributed by atoms with Crippen molar-refractivity contribution in [1.29, 1.82) is 0 Å². The number of hydrogen-bond acceptors (Lipinski definition) is 2. The van der Waals surface area contributed by atoms with Crippen LogP contribution in [0.25, 0.3) is 0 Å². The molecule has 6 heteroatoms. The number of amides is 1. The number of hydrogen-bond donors (Lipinski definition) is 1. The van der Waals surface area contributed by atoms with Gasteiger partial charge >= 0.3 is 0 Å². The number of carbonyl (C=O) groups is 1. The van der Waals surface area contributed by atoms with Crippen LogP contribution in [-0.2, 0) is 0 Å². The molecule has 1 aromatic heterocycles. The average molecular weight is 391 g/mol. The van der Waals surface area contributed by atoms with Crippen molar-refractivity contribution in [3.05, 3.63) is 22.4 Å². The van der Waals surface area contributed by atoms with Crippen molar-refractivity contribution in [1.82, 2.24) is 14.8 Å². The molecule has 2 aliphatic rings. The van der Waals surface area contributed by atoms with Crippen molar-refractivity contribution < 1.29 is 4.79 Å². The Morgan fingerprint density at radius 2 is 1.86 bits per heavy atom. The number of rotatable bonds is 2. The van der Waals surface area contributed by atoms with Crippen LogP contribution in [0.3, 0.4) is 0 Å². The molecule has 1 aromatic rings. The molecule has 1 amide bonds. The average Bonchev–Trinajstić information content (AvgIpc) is 3.00. The van der Waals surface area contributed by atoms with Gasteiger partial charge in [-0.05, 0) is 73.6 Å². The van der Waals surface area contributed by atoms with Crippen LogP contribution in [-0.4, -0.2) is 41.6 Å². The lowest BCUT2D eigenvalue weighted by atomic mass is 9.92. The normalized spacial score (nSPS) is 24.8. The summed E-state index contributed by atoms with van der Waals surface area (Å²) in [5.41, 5.74) is 0.807. The molecular weight excluding hydrogens is 366 g/mol. The van der Waals surface area contributed by atoms with Crippen molar-refractivity contribution in [2.75, 3.05) is 26.2 Å². The van der Waals surface area contributed by atoms with E-state index in [1.165, 1.54) is 0 Å². The Bertz CT molecular complexity index is 517. The van der Waals surface area contributed by atoms with E-state index in [0.29, 0.717) is 6.04 Å². The molecule has 3 rings (SSSR count). The Kier molecular flexibility index (Phi) is 5.97. The third-order valence-corrected chi connectivity index (χ3v) is 5.33. The van der Waals surface area contributed by atoms with E-state index in [4.69, 9.17) is 0 Å². The van der Waals surface area contributed by atoms with E-state index >= 15 is 0 Å². The number of nitrogens with one attached hydrogen (secondary N) is 1. The van der Waals surface area contributed by atoms with Crippen molar-refractivity contribution in [3.63, 3.8) is 0 Å². The minimum absolute atomic E-state index is 0. The summed E-state index contributed by atoms with van der Waals surface area (Å²) in [7, 11) is 0. The van der Waals surface area contributed by atoms with Gasteiger partial charge in [-0.2, -0.15) is 0 Å². The third kappa shape index (κ3) is 3.52. The molecule has 0 bridgehead atoms. The van der Waals surface area contributed by atoms with E-state index < -0.39 is 0 Å². The topological polar surface area (TPSA) is 37.3 Å². The van der Waals surface area contributed by atoms with Gasteiger partial charge in [-0.25, -0.2) is 0 Å². The molecule has 2 aliphatic heterocycles. The predicted octanol–water partition coefficient (Wildman–Crippen LogP) is 3.32. The van der Waals surface area contributed by atoms with Crippen molar-refractivity contribution in [3.8, 4) is 0 Å². The van der Waals surface area contributed by atoms with Gasteiger partial charge in [0.1, 0.15) is 5.69 Å². The molecule has 3 heterocycles. The van der Waals surface area contributed by atoms with E-state index in [-0.39, 0.29) is 18.3 Å². The first-order valence-electron chi connectivity index (χ1n) is 7.93. The van der Waals surface area contributed by atoms with Crippen LogP contribution in [0.15, 0.2) is 16.7 Å². The smallest absolute Gasteiger partial charge is 0.270 e. The molecule has 0 radical (unpaired) electrons. The Labute approximate surface area is 147 Å². The largest absolute Gasteiger partial charge is 0.340 e. The number of fused-ring (bicyclic) bond motifs is 1. The van der Waals surface area contributed by atoms with Crippen molar-refractivity contribution >= 4 is 34.2 Å². The maximum atomic E-state index is 12.9. The predicted molar refractivity (Wildman–Crippen MR) is 94.8 cm³/mol. The summed E-state index contributed by atoms with van der Waals surface area (Å²) in [6.45, 7) is 8.26. The van der Waals surface area contributed by atoms with Crippen LogP contribution in [0.1, 0.15) is 43.2 Å². The number of likely N-dealkylation sites (tertiary alicyclic amines) is 1. The lowest BCUT2D eigenvalue weighted by molar-refractivity contribution is 0.0746. The molecule has 124 valence electrons. The quantitative estimate of drug-likeness (QED) is 0.841. The highest BCUT2D eigenvalue weighted by Crippen LogP contribution is 2.28. The Balaban J connectivity index is 0.00000176. The van der Waals surface area contributed by atoms with Crippen LogP contribution in [0.2, 0.25) is 0 Å². The highest BCUT2D eigenvalue weighted by molar-refractivity contribution is 9.10. The van der Waals surface area contributed by atoms with E-state index in [2.05, 4.69) is 44.6 Å². The molecule has 2 saturated heterocycles. The van der Waals surface area contributed by atoms with E-state index in [1.807, 2.05) is 12.3 Å². The fourth-order valence-electron chi connectivity index (χ4n) is 3.63. The maximum absolute atomic E-state index is 12.9. The second-order valence-electron chi connectivity index (χ2n) is 6.59. The summed E-state index contributed by atoms with van der Waals surface area (Å²) in [5, 5.41) is 3.48. The monoisotopic (exact) mass is 389 g/mol. The van der Waals surface area contributed by atoms with Gasteiger partial charge in [0.15, 0.2) is 0 Å². The van der Waals surface area contributed by atoms with Gasteiger partial charge in [0.2, 0.25) is 0 Å². The molecule has 0 aliphatic carbocycles. The van der Waals surface area contributed by atoms with E-state index in [9.17, 15) is 4.79 Å². The summed E-state index contributed by atoms with van der Waals surface area (Å²) < 4.78 is 3.05. The summed E-state index contributed by atoms with van der Waals surface area (Å²) in [4.78, 5) is 14.9. The SMILES string of the molecule is CC(C)n1cc(Br)cc1C(=O)N1CC[C@@H]2CNC[C@@H]2CC1.Cl. The Morgan fingerprint density at radius 1 is 1.27 bits per heavy atom. The molecule has 0 spiro atoms. The highest BCUT2D eigenvalue weighted by atomic mass is 79.9. The maximum Gasteiger partial charge on any atom is 0.270 e. The van der Waals surface area contributed by atoms with Gasteiger partial charge in [0.25, 0.3) is 5.91 Å². The number of carbonyl (C=O) groups excluding carboxylic acids is 1. The highest BCUT2D eigenvalue weighted by Gasteiger charge is 2.32. The summed E-state index contributed by atoms with van der Waals surface area (Å²) >= 11 is 3.50. The molecule has 2 atom stereocenters. The molecule has 0 unspecified atom stereocenters. The van der Waals surface area contributed by atoms with Gasteiger partial charge in [-0.15, -0.1) is 12.4 Å². The molecule has 2 fully saturated rings. The van der Waals surface area contributed by atoms with Crippen LogP contribution < -0.4 is 5.32 Å². The van der Waals surface area contributed by atoms with Crippen molar-refractivity contribution in [2.24, 2.45) is 11.8 Å². The lowest BCUT2D eigenvalue weighted by Crippen LogP contribution is -2.34. The number of aromatic nitrogens is 1. The summed E-state index contributed by atoms with van der Waals surface area (Å²) in [5.74, 6) is 1.69. The Hall–Kier alpha value is -0.520. The van der Waals surface area contributed by atoms with Crippen LogP contribution in [0.5, 0.6) is 0 Å². The van der Waals surface area contributed by atoms with Gasteiger partial charge in [0, 0.05) is 29.8 Å². The third-order valence-electron chi connectivity index (χ3n) is 4.90. The van der Waals surface area contributed by atoms with E-state index in [1.54, 1.807) is 0 Å². The molecule has 1 N–H and O–H groups in total. The van der Waals surface area contributed by atoms with Gasteiger partial charge in [0.05, 0.1) is 0 Å². The number of halogens is 2. The molecule has 4 nitrogen and oxygen atoms in total. The van der Waals surface area contributed by atoms with Crippen molar-refractivity contribution in [2.45, 2.75) is 32.7 Å². The standard InChI is InChI=1S/C16H24BrN3O.ClH/c1-11(2)20-10-14(17)7-15(20)16(21)19-5-3-12-8-18-9-13(12)4-6-19;/h7,10-13,18H,3-6,8-9H2,1-2H3;1H/t12-,13+;. The minimum Gasteiger partial charge on any atom is -0.340 e. The van der Waals surface area contributed by atoms with Gasteiger partial charge in [-0.3, -0.25) is 4.79 Å². The fraction of sp³-hybridized carbons (Fsp3) is 0.688.